The zero-order valence-electron chi connectivity index (χ0n) is 8.49. The van der Waals surface area contributed by atoms with Gasteiger partial charge in [-0.1, -0.05) is 29.3 Å². The summed E-state index contributed by atoms with van der Waals surface area (Å²) >= 11 is 11.8. The lowest BCUT2D eigenvalue weighted by Crippen LogP contribution is -2.51. The molecule has 3 nitrogen and oxygen atoms in total. The first kappa shape index (κ1) is 11.7. The molecule has 2 rings (SSSR count). The Morgan fingerprint density at radius 1 is 1.44 bits per heavy atom. The van der Waals surface area contributed by atoms with Crippen molar-refractivity contribution in [3.63, 3.8) is 0 Å². The number of likely N-dealkylation sites (tertiary alicyclic amines) is 1. The number of halogens is 2. The maximum Gasteiger partial charge on any atom is 0.255 e. The van der Waals surface area contributed by atoms with E-state index in [1.165, 1.54) is 0 Å². The van der Waals surface area contributed by atoms with Gasteiger partial charge < -0.3 is 10.0 Å². The quantitative estimate of drug-likeness (QED) is 0.884. The number of carbonyl (C=O) groups is 1. The van der Waals surface area contributed by atoms with E-state index in [1.54, 1.807) is 23.1 Å². The highest BCUT2D eigenvalue weighted by molar-refractivity contribution is 6.43. The molecule has 1 saturated heterocycles. The van der Waals surface area contributed by atoms with Gasteiger partial charge in [-0.05, 0) is 12.1 Å². The fourth-order valence-electron chi connectivity index (χ4n) is 1.69. The lowest BCUT2D eigenvalue weighted by Gasteiger charge is -2.38. The second-order valence-electron chi connectivity index (χ2n) is 3.86. The van der Waals surface area contributed by atoms with E-state index in [-0.39, 0.29) is 18.4 Å². The minimum atomic E-state index is -0.128. The highest BCUT2D eigenvalue weighted by Crippen LogP contribution is 2.28. The summed E-state index contributed by atoms with van der Waals surface area (Å²) in [6, 6.07) is 5.00. The van der Waals surface area contributed by atoms with E-state index in [2.05, 4.69) is 0 Å². The first-order valence-corrected chi connectivity index (χ1v) is 5.73. The summed E-state index contributed by atoms with van der Waals surface area (Å²) < 4.78 is 0. The minimum absolute atomic E-state index is 0.118. The standard InChI is InChI=1S/C11H11Cl2NO2/c12-9-3-1-2-8(10(9)13)11(16)14-4-7(5-14)6-15/h1-3,7,15H,4-6H2. The maximum atomic E-state index is 12.0. The van der Waals surface area contributed by atoms with Crippen molar-refractivity contribution in [1.29, 1.82) is 0 Å². The van der Waals surface area contributed by atoms with Crippen LogP contribution in [0.1, 0.15) is 10.4 Å². The van der Waals surface area contributed by atoms with Crippen molar-refractivity contribution in [1.82, 2.24) is 4.90 Å². The molecule has 1 N–H and O–H groups in total. The molecule has 1 aromatic rings. The molecule has 0 spiro atoms. The number of aliphatic hydroxyl groups is 1. The van der Waals surface area contributed by atoms with Gasteiger partial charge in [0.1, 0.15) is 0 Å². The van der Waals surface area contributed by atoms with Gasteiger partial charge in [0, 0.05) is 25.6 Å². The van der Waals surface area contributed by atoms with E-state index in [0.29, 0.717) is 28.7 Å². The predicted molar refractivity (Wildman–Crippen MR) is 62.9 cm³/mol. The number of aliphatic hydroxyl groups excluding tert-OH is 1. The monoisotopic (exact) mass is 259 g/mol. The number of amides is 1. The zero-order chi connectivity index (χ0) is 11.7. The van der Waals surface area contributed by atoms with Crippen LogP contribution in [-0.2, 0) is 0 Å². The second-order valence-corrected chi connectivity index (χ2v) is 4.65. The van der Waals surface area contributed by atoms with Crippen molar-refractivity contribution in [3.8, 4) is 0 Å². The Labute approximate surface area is 104 Å². The van der Waals surface area contributed by atoms with Crippen molar-refractivity contribution in [2.75, 3.05) is 19.7 Å². The molecule has 1 heterocycles. The molecule has 0 bridgehead atoms. The molecule has 0 radical (unpaired) electrons. The molecule has 0 aliphatic carbocycles. The highest BCUT2D eigenvalue weighted by Gasteiger charge is 2.31. The molecule has 0 atom stereocenters. The van der Waals surface area contributed by atoms with Gasteiger partial charge >= 0.3 is 0 Å². The maximum absolute atomic E-state index is 12.0. The summed E-state index contributed by atoms with van der Waals surface area (Å²) in [4.78, 5) is 13.6. The molecule has 5 heteroatoms. The number of hydrogen-bond donors (Lipinski definition) is 1. The third-order valence-corrected chi connectivity index (χ3v) is 3.50. The number of hydrogen-bond acceptors (Lipinski definition) is 2. The Kier molecular flexibility index (Phi) is 3.38. The van der Waals surface area contributed by atoms with Crippen LogP contribution in [0, 0.1) is 5.92 Å². The SMILES string of the molecule is O=C(c1cccc(Cl)c1Cl)N1CC(CO)C1. The number of rotatable bonds is 2. The van der Waals surface area contributed by atoms with Crippen molar-refractivity contribution >= 4 is 29.1 Å². The van der Waals surface area contributed by atoms with Crippen LogP contribution in [-0.4, -0.2) is 35.6 Å². The fourth-order valence-corrected chi connectivity index (χ4v) is 2.07. The molecule has 1 fully saturated rings. The smallest absolute Gasteiger partial charge is 0.255 e. The summed E-state index contributed by atoms with van der Waals surface area (Å²) in [5, 5.41) is 9.54. The summed E-state index contributed by atoms with van der Waals surface area (Å²) in [7, 11) is 0. The second kappa shape index (κ2) is 4.62. The summed E-state index contributed by atoms with van der Waals surface area (Å²) in [6.45, 7) is 1.28. The van der Waals surface area contributed by atoms with Crippen LogP contribution < -0.4 is 0 Å². The lowest BCUT2D eigenvalue weighted by molar-refractivity contribution is 0.0362. The molecule has 0 unspecified atom stereocenters. The molecular weight excluding hydrogens is 249 g/mol. The minimum Gasteiger partial charge on any atom is -0.396 e. The predicted octanol–water partition coefficient (Wildman–Crippen LogP) is 2.06. The van der Waals surface area contributed by atoms with Crippen LogP contribution in [0.15, 0.2) is 18.2 Å². The third-order valence-electron chi connectivity index (χ3n) is 2.68. The van der Waals surface area contributed by atoms with Gasteiger partial charge in [-0.2, -0.15) is 0 Å². The van der Waals surface area contributed by atoms with Crippen molar-refractivity contribution in [2.45, 2.75) is 0 Å². The molecule has 0 saturated carbocycles. The Morgan fingerprint density at radius 3 is 2.75 bits per heavy atom. The first-order valence-electron chi connectivity index (χ1n) is 4.97. The van der Waals surface area contributed by atoms with Crippen LogP contribution >= 0.6 is 23.2 Å². The Hall–Kier alpha value is -0.770. The third kappa shape index (κ3) is 2.03. The van der Waals surface area contributed by atoms with E-state index < -0.39 is 0 Å². The Balaban J connectivity index is 2.13. The number of benzene rings is 1. The van der Waals surface area contributed by atoms with Gasteiger partial charge in [0.15, 0.2) is 0 Å². The Bertz CT molecular complexity index is 416. The largest absolute Gasteiger partial charge is 0.396 e. The zero-order valence-corrected chi connectivity index (χ0v) is 10.0. The summed E-state index contributed by atoms with van der Waals surface area (Å²) in [6.07, 6.45) is 0. The van der Waals surface area contributed by atoms with Crippen molar-refractivity contribution < 1.29 is 9.90 Å². The van der Waals surface area contributed by atoms with Crippen molar-refractivity contribution in [3.05, 3.63) is 33.8 Å². The van der Waals surface area contributed by atoms with Gasteiger partial charge in [-0.15, -0.1) is 0 Å². The Morgan fingerprint density at radius 2 is 2.12 bits per heavy atom. The van der Waals surface area contributed by atoms with Gasteiger partial charge in [0.2, 0.25) is 0 Å². The van der Waals surface area contributed by atoms with Gasteiger partial charge in [-0.25, -0.2) is 0 Å². The number of nitrogens with zero attached hydrogens (tertiary/aromatic N) is 1. The van der Waals surface area contributed by atoms with Gasteiger partial charge in [0.05, 0.1) is 15.6 Å². The summed E-state index contributed by atoms with van der Waals surface area (Å²) in [5.41, 5.74) is 0.422. The molecular formula is C11H11Cl2NO2. The van der Waals surface area contributed by atoms with E-state index in [0.717, 1.165) is 0 Å². The van der Waals surface area contributed by atoms with Crippen LogP contribution in [0.2, 0.25) is 10.0 Å². The first-order chi connectivity index (χ1) is 7.63. The van der Waals surface area contributed by atoms with Gasteiger partial charge in [-0.3, -0.25) is 4.79 Å². The average molecular weight is 260 g/mol. The molecule has 1 aliphatic heterocycles. The van der Waals surface area contributed by atoms with E-state index >= 15 is 0 Å². The van der Waals surface area contributed by atoms with Gasteiger partial charge in [0.25, 0.3) is 5.91 Å². The fraction of sp³-hybridized carbons (Fsp3) is 0.364. The van der Waals surface area contributed by atoms with Crippen LogP contribution in [0.4, 0.5) is 0 Å². The van der Waals surface area contributed by atoms with Crippen molar-refractivity contribution in [2.24, 2.45) is 5.92 Å². The molecule has 1 amide bonds. The van der Waals surface area contributed by atoms with E-state index in [4.69, 9.17) is 28.3 Å². The number of carbonyl (C=O) groups excluding carboxylic acids is 1. The van der Waals surface area contributed by atoms with Crippen LogP contribution in [0.5, 0.6) is 0 Å². The van der Waals surface area contributed by atoms with Crippen LogP contribution in [0.25, 0.3) is 0 Å². The van der Waals surface area contributed by atoms with E-state index in [9.17, 15) is 4.79 Å². The molecule has 1 aromatic carbocycles. The molecule has 1 aliphatic rings. The van der Waals surface area contributed by atoms with Crippen LogP contribution in [0.3, 0.4) is 0 Å². The van der Waals surface area contributed by atoms with E-state index in [1.807, 2.05) is 0 Å². The topological polar surface area (TPSA) is 40.5 Å². The molecule has 16 heavy (non-hydrogen) atoms. The lowest BCUT2D eigenvalue weighted by atomic mass is 10.00. The highest BCUT2D eigenvalue weighted by atomic mass is 35.5. The normalized spacial score (nSPS) is 16.1. The molecule has 86 valence electrons. The average Bonchev–Trinajstić information content (AvgIpc) is 2.20. The summed E-state index contributed by atoms with van der Waals surface area (Å²) in [5.74, 6) is 0.0686. The molecule has 0 aromatic heterocycles.